The third-order valence-electron chi connectivity index (χ3n) is 12.8. The topological polar surface area (TPSA) is 173 Å². The fourth-order valence-corrected chi connectivity index (χ4v) is 10.3. The molecule has 2 amide bonds. The van der Waals surface area contributed by atoms with Crippen molar-refractivity contribution in [3.8, 4) is 5.75 Å². The van der Waals surface area contributed by atoms with Gasteiger partial charge in [-0.05, 0) is 111 Å². The molecule has 3 aromatic carbocycles. The molecule has 2 unspecified atom stereocenters. The van der Waals surface area contributed by atoms with Crippen LogP contribution in [0, 0.1) is 22.2 Å². The third-order valence-corrected chi connectivity index (χ3v) is 14.1. The molecule has 61 heavy (non-hydrogen) atoms. The van der Waals surface area contributed by atoms with E-state index in [0.29, 0.717) is 46.9 Å². The van der Waals surface area contributed by atoms with Gasteiger partial charge in [-0.25, -0.2) is 9.19 Å². The number of likely N-dealkylation sites (tertiary alicyclic amines) is 1. The number of nitrogens with one attached hydrogen (secondary N) is 5. The van der Waals surface area contributed by atoms with Crippen LogP contribution in [0.5, 0.6) is 5.75 Å². The van der Waals surface area contributed by atoms with Crippen molar-refractivity contribution < 1.29 is 28.4 Å². The number of ether oxygens (including phenoxy) is 2. The van der Waals surface area contributed by atoms with Crippen molar-refractivity contribution in [2.24, 2.45) is 17.3 Å². The van der Waals surface area contributed by atoms with Crippen molar-refractivity contribution in [2.45, 2.75) is 49.5 Å². The molecular formula is C45H49ClN8O6S+2. The van der Waals surface area contributed by atoms with Gasteiger partial charge in [-0.15, -0.1) is 4.67 Å². The first-order valence-electron chi connectivity index (χ1n) is 21.0. The molecule has 4 aromatic rings. The Morgan fingerprint density at radius 1 is 1.02 bits per heavy atom. The molecule has 316 valence electrons. The summed E-state index contributed by atoms with van der Waals surface area (Å²) in [6, 6.07) is 20.0. The van der Waals surface area contributed by atoms with E-state index in [1.165, 1.54) is 6.07 Å². The zero-order valence-corrected chi connectivity index (χ0v) is 35.3. The molecular weight excluding hydrogens is 816 g/mol. The van der Waals surface area contributed by atoms with Crippen LogP contribution in [0.1, 0.15) is 60.5 Å². The zero-order valence-electron chi connectivity index (χ0n) is 33.7. The minimum Gasteiger partial charge on any atom is -0.443 e. The summed E-state index contributed by atoms with van der Waals surface area (Å²) in [6.45, 7) is 6.00. The Hall–Kier alpha value is -5.53. The lowest BCUT2D eigenvalue weighted by Gasteiger charge is -2.59. The molecule has 16 heteroatoms. The molecule has 4 fully saturated rings. The Balaban J connectivity index is 0.897. The van der Waals surface area contributed by atoms with Crippen molar-refractivity contribution >= 4 is 63.4 Å². The van der Waals surface area contributed by atoms with Gasteiger partial charge in [-0.1, -0.05) is 23.7 Å². The van der Waals surface area contributed by atoms with Gasteiger partial charge in [-0.2, -0.15) is 0 Å². The fraction of sp³-hybridized carbons (Fsp3) is 0.400. The maximum Gasteiger partial charge on any atom is 0.391 e. The normalized spacial score (nSPS) is 20.4. The minimum atomic E-state index is -2.00. The number of carbonyl (C=O) groups is 2. The standard InChI is InChI=1S/C45H47ClN8O6S/c46-33-3-1-31(2-4-33)41-45(14-17-47-18-15-45)44(56)54(41)28-30-10-19-53(20-11-30)34-5-7-37(40(24-34)60-35-23-32-9-16-48-42(32)50-27-35)43(55)52-61(58)36-6-8-38(39(25-36)51-57)49-26-29-12-21-59-22-13-29/h1-9,16,23-25,29-30,41,47H,10-15,17-22,26,28H2,(H2,49,52,55,57)/p+2. The summed E-state index contributed by atoms with van der Waals surface area (Å²) in [5, 5.41) is 10.2. The summed E-state index contributed by atoms with van der Waals surface area (Å²) in [5.74, 6) is 3.87. The first kappa shape index (κ1) is 40.9. The molecule has 0 saturated carbocycles. The van der Waals surface area contributed by atoms with Gasteiger partial charge in [0.25, 0.3) is 11.6 Å². The van der Waals surface area contributed by atoms with Gasteiger partial charge in [0, 0.05) is 78.4 Å². The number of nitrogens with zero attached hydrogens (tertiary/aromatic N) is 3. The molecule has 0 aliphatic carbocycles. The van der Waals surface area contributed by atoms with Crippen LogP contribution in [0.3, 0.4) is 0 Å². The number of hydrogen-bond donors (Lipinski definition) is 5. The van der Waals surface area contributed by atoms with E-state index in [0.717, 1.165) is 94.4 Å². The number of H-pyrrole nitrogens is 1. The van der Waals surface area contributed by atoms with Gasteiger partial charge < -0.3 is 29.9 Å². The number of anilines is 2. The second-order valence-corrected chi connectivity index (χ2v) is 18.1. The van der Waals surface area contributed by atoms with Crippen LogP contribution >= 0.6 is 11.6 Å². The lowest BCUT2D eigenvalue weighted by molar-refractivity contribution is -0.378. The number of amides is 2. The highest BCUT2D eigenvalue weighted by atomic mass is 35.5. The number of piperidine rings is 2. The smallest absolute Gasteiger partial charge is 0.391 e. The highest BCUT2D eigenvalue weighted by Crippen LogP contribution is 2.55. The molecule has 5 aliphatic rings. The molecule has 2 atom stereocenters. The second kappa shape index (κ2) is 17.8. The van der Waals surface area contributed by atoms with Gasteiger partial charge in [0.2, 0.25) is 17.5 Å². The number of aromatic nitrogens is 1. The number of allylic oxidation sites excluding steroid dienone is 1. The summed E-state index contributed by atoms with van der Waals surface area (Å²) < 4.78 is 32.3. The highest BCUT2D eigenvalue weighted by molar-refractivity contribution is 7.83. The van der Waals surface area contributed by atoms with Crippen molar-refractivity contribution in [1.82, 2.24) is 24.6 Å². The van der Waals surface area contributed by atoms with Crippen molar-refractivity contribution in [3.05, 3.63) is 110 Å². The first-order valence-corrected chi connectivity index (χ1v) is 22.6. The predicted molar refractivity (Wildman–Crippen MR) is 233 cm³/mol. The summed E-state index contributed by atoms with van der Waals surface area (Å²) in [7, 11) is -2.00. The SMILES string of the molecule is O=[NH+]c1cc(S(=O)NC(=O)c2ccc(N3CCC(CN4C(=O)C5(CCNCC5)C4c4ccc(Cl)cc4)CC3)cc2OC2=C=[N+]=c3[nH]ccc3=C2)ccc1NCC1CCOCC1. The van der Waals surface area contributed by atoms with Crippen LogP contribution < -0.4 is 45.5 Å². The van der Waals surface area contributed by atoms with Crippen LogP contribution in [-0.4, -0.2) is 84.3 Å². The molecule has 5 N–H and O–H groups in total. The average molecular weight is 865 g/mol. The number of hydrogen-bond acceptors (Lipinski definition) is 9. The number of rotatable bonds is 13. The van der Waals surface area contributed by atoms with E-state index in [4.69, 9.17) is 21.1 Å². The Morgan fingerprint density at radius 2 is 1.80 bits per heavy atom. The lowest BCUT2D eigenvalue weighted by atomic mass is 9.62. The van der Waals surface area contributed by atoms with E-state index in [1.807, 2.05) is 35.5 Å². The van der Waals surface area contributed by atoms with Gasteiger partial charge in [0.15, 0.2) is 11.0 Å². The number of nitroso groups, excluding NO2 is 1. The van der Waals surface area contributed by atoms with E-state index < -0.39 is 16.9 Å². The van der Waals surface area contributed by atoms with Crippen molar-refractivity contribution in [3.63, 3.8) is 0 Å². The molecule has 4 saturated heterocycles. The van der Waals surface area contributed by atoms with Gasteiger partial charge >= 0.3 is 5.49 Å². The predicted octanol–water partition coefficient (Wildman–Crippen LogP) is 2.72. The first-order chi connectivity index (χ1) is 29.8. The van der Waals surface area contributed by atoms with Crippen LogP contribution in [0.15, 0.2) is 83.6 Å². The number of benzene rings is 3. The molecule has 14 nitrogen and oxygen atoms in total. The van der Waals surface area contributed by atoms with E-state index in [9.17, 15) is 18.7 Å². The Labute approximate surface area is 360 Å². The number of aromatic amines is 1. The van der Waals surface area contributed by atoms with E-state index in [1.54, 1.807) is 30.5 Å². The molecule has 1 spiro atoms. The second-order valence-electron chi connectivity index (χ2n) is 16.5. The average Bonchev–Trinajstić information content (AvgIpc) is 3.77. The third kappa shape index (κ3) is 8.55. The maximum absolute atomic E-state index is 13.9. The Morgan fingerprint density at radius 3 is 2.57 bits per heavy atom. The summed E-state index contributed by atoms with van der Waals surface area (Å²) in [5.41, 5.74) is 3.29. The minimum absolute atomic E-state index is 0.0379. The van der Waals surface area contributed by atoms with Gasteiger partial charge in [-0.3, -0.25) is 14.3 Å². The summed E-state index contributed by atoms with van der Waals surface area (Å²) >= 11 is 6.26. The molecule has 5 aliphatic heterocycles. The zero-order chi connectivity index (χ0) is 41.9. The maximum atomic E-state index is 13.9. The Bertz CT molecular complexity index is 2550. The summed E-state index contributed by atoms with van der Waals surface area (Å²) in [4.78, 5) is 47.4. The quantitative estimate of drug-likeness (QED) is 0.100. The number of fused-ring (bicyclic) bond motifs is 1. The molecule has 0 bridgehead atoms. The van der Waals surface area contributed by atoms with Crippen LogP contribution in [-0.2, 0) is 20.5 Å². The fourth-order valence-electron chi connectivity index (χ4n) is 9.40. The Kier molecular flexibility index (Phi) is 11.9. The number of β-lactam (4-membered cyclic amide) rings is 1. The monoisotopic (exact) mass is 864 g/mol. The van der Waals surface area contributed by atoms with Crippen LogP contribution in [0.4, 0.5) is 17.1 Å². The van der Waals surface area contributed by atoms with Crippen molar-refractivity contribution in [1.29, 1.82) is 0 Å². The van der Waals surface area contributed by atoms with E-state index >= 15 is 0 Å². The van der Waals surface area contributed by atoms with E-state index in [-0.39, 0.29) is 39.3 Å². The van der Waals surface area contributed by atoms with Crippen LogP contribution in [0.2, 0.25) is 5.02 Å². The van der Waals surface area contributed by atoms with E-state index in [2.05, 4.69) is 52.8 Å². The van der Waals surface area contributed by atoms with Gasteiger partial charge in [0.1, 0.15) is 11.4 Å². The molecule has 6 heterocycles. The molecule has 9 rings (SSSR count). The number of carbonyl (C=O) groups excluding carboxylic acids is 2. The van der Waals surface area contributed by atoms with Crippen molar-refractivity contribution in [2.75, 3.05) is 62.7 Å². The number of halogens is 1. The highest BCUT2D eigenvalue weighted by Gasteiger charge is 2.60. The molecule has 1 aromatic heterocycles. The van der Waals surface area contributed by atoms with Gasteiger partial charge in [0.05, 0.1) is 33.3 Å². The largest absolute Gasteiger partial charge is 0.443 e. The lowest BCUT2D eigenvalue weighted by Crippen LogP contribution is -2.66. The molecule has 0 radical (unpaired) electrons. The van der Waals surface area contributed by atoms with Crippen LogP contribution in [0.25, 0.3) is 6.08 Å². The summed E-state index contributed by atoms with van der Waals surface area (Å²) in [6.07, 6.45) is 8.87.